The van der Waals surface area contributed by atoms with Crippen LogP contribution in [-0.2, 0) is 10.0 Å². The van der Waals surface area contributed by atoms with Crippen LogP contribution in [0, 0.1) is 0 Å². The summed E-state index contributed by atoms with van der Waals surface area (Å²) in [6.45, 7) is 3.79. The van der Waals surface area contributed by atoms with E-state index < -0.39 is 10.0 Å². The van der Waals surface area contributed by atoms with E-state index in [0.29, 0.717) is 42.5 Å². The van der Waals surface area contributed by atoms with Crippen molar-refractivity contribution in [1.29, 1.82) is 0 Å². The molecule has 0 saturated heterocycles. The highest BCUT2D eigenvalue weighted by atomic mass is 32.2. The summed E-state index contributed by atoms with van der Waals surface area (Å²) in [4.78, 5) is 12.3. The molecule has 0 aliphatic carbocycles. The topological polar surface area (TPSA) is 93.7 Å². The lowest BCUT2D eigenvalue weighted by molar-refractivity contribution is 0.0953. The van der Waals surface area contributed by atoms with Gasteiger partial charge in [0.25, 0.3) is 15.9 Å². The van der Waals surface area contributed by atoms with Crippen LogP contribution in [0.4, 0.5) is 5.69 Å². The van der Waals surface area contributed by atoms with E-state index in [-0.39, 0.29) is 10.8 Å². The number of hydrogen-bond acceptors (Lipinski definition) is 5. The molecule has 30 heavy (non-hydrogen) atoms. The standard InChI is InChI=1S/C22H28N2O5S/c1-2-3-4-5-13-23-22(25)17-7-9-18(10-8-17)24-30(26,27)19-11-12-20-21(16-19)29-15-6-14-28-20/h7-12,16,24H,2-6,13-15H2,1H3,(H,23,25). The minimum atomic E-state index is -3.80. The van der Waals surface area contributed by atoms with E-state index >= 15 is 0 Å². The first kappa shape index (κ1) is 22.0. The van der Waals surface area contributed by atoms with Crippen molar-refractivity contribution in [3.05, 3.63) is 48.0 Å². The van der Waals surface area contributed by atoms with Crippen LogP contribution in [0.25, 0.3) is 0 Å². The van der Waals surface area contributed by atoms with Crippen molar-refractivity contribution in [2.75, 3.05) is 24.5 Å². The van der Waals surface area contributed by atoms with Gasteiger partial charge in [-0.05, 0) is 42.8 Å². The molecule has 0 unspecified atom stereocenters. The lowest BCUT2D eigenvalue weighted by Crippen LogP contribution is -2.24. The smallest absolute Gasteiger partial charge is 0.262 e. The van der Waals surface area contributed by atoms with Crippen LogP contribution in [0.3, 0.4) is 0 Å². The van der Waals surface area contributed by atoms with Gasteiger partial charge in [0.1, 0.15) is 0 Å². The lowest BCUT2D eigenvalue weighted by atomic mass is 10.2. The van der Waals surface area contributed by atoms with E-state index in [1.54, 1.807) is 30.3 Å². The molecule has 0 bridgehead atoms. The summed E-state index contributed by atoms with van der Waals surface area (Å²) >= 11 is 0. The number of unbranched alkanes of at least 4 members (excludes halogenated alkanes) is 3. The number of carbonyl (C=O) groups excluding carboxylic acids is 1. The Hall–Kier alpha value is -2.74. The van der Waals surface area contributed by atoms with Gasteiger partial charge in [-0.15, -0.1) is 0 Å². The van der Waals surface area contributed by atoms with Crippen LogP contribution in [0.15, 0.2) is 47.4 Å². The molecule has 0 fully saturated rings. The third-order valence-corrected chi connectivity index (χ3v) is 6.12. The number of sulfonamides is 1. The SMILES string of the molecule is CCCCCCNC(=O)c1ccc(NS(=O)(=O)c2ccc3c(c2)OCCCO3)cc1. The Labute approximate surface area is 177 Å². The summed E-state index contributed by atoms with van der Waals surface area (Å²) in [5, 5.41) is 2.88. The second-order valence-electron chi connectivity index (χ2n) is 7.16. The molecule has 162 valence electrons. The predicted molar refractivity (Wildman–Crippen MR) is 116 cm³/mol. The van der Waals surface area contributed by atoms with Gasteiger partial charge in [-0.2, -0.15) is 0 Å². The lowest BCUT2D eigenvalue weighted by Gasteiger charge is -2.12. The van der Waals surface area contributed by atoms with Crippen LogP contribution in [0.2, 0.25) is 0 Å². The third-order valence-electron chi connectivity index (χ3n) is 4.74. The average Bonchev–Trinajstić information content (AvgIpc) is 2.98. The molecule has 1 aliphatic rings. The summed E-state index contributed by atoms with van der Waals surface area (Å²) in [6.07, 6.45) is 5.10. The molecule has 0 saturated carbocycles. The Bertz CT molecular complexity index is 958. The molecule has 1 aliphatic heterocycles. The van der Waals surface area contributed by atoms with Crippen molar-refractivity contribution in [1.82, 2.24) is 5.32 Å². The molecule has 0 atom stereocenters. The number of nitrogens with one attached hydrogen (secondary N) is 2. The van der Waals surface area contributed by atoms with Gasteiger partial charge in [0, 0.05) is 30.3 Å². The Morgan fingerprint density at radius 3 is 2.43 bits per heavy atom. The van der Waals surface area contributed by atoms with Crippen molar-refractivity contribution in [3.8, 4) is 11.5 Å². The fraction of sp³-hybridized carbons (Fsp3) is 0.409. The minimum Gasteiger partial charge on any atom is -0.490 e. The summed E-state index contributed by atoms with van der Waals surface area (Å²) in [5.41, 5.74) is 0.866. The van der Waals surface area contributed by atoms with Gasteiger partial charge in [-0.1, -0.05) is 26.2 Å². The highest BCUT2D eigenvalue weighted by Gasteiger charge is 2.19. The number of carbonyl (C=O) groups is 1. The normalized spacial score (nSPS) is 13.4. The van der Waals surface area contributed by atoms with Crippen molar-refractivity contribution in [3.63, 3.8) is 0 Å². The van der Waals surface area contributed by atoms with Gasteiger partial charge in [0.2, 0.25) is 0 Å². The van der Waals surface area contributed by atoms with Crippen molar-refractivity contribution < 1.29 is 22.7 Å². The molecule has 2 aromatic rings. The molecule has 7 nitrogen and oxygen atoms in total. The molecule has 0 radical (unpaired) electrons. The second-order valence-corrected chi connectivity index (χ2v) is 8.84. The predicted octanol–water partition coefficient (Wildman–Crippen LogP) is 3.96. The van der Waals surface area contributed by atoms with E-state index in [1.807, 2.05) is 0 Å². The summed E-state index contributed by atoms with van der Waals surface area (Å²) in [6, 6.07) is 10.9. The first-order valence-electron chi connectivity index (χ1n) is 10.3. The zero-order valence-electron chi connectivity index (χ0n) is 17.1. The van der Waals surface area contributed by atoms with Crippen LogP contribution in [0.1, 0.15) is 49.4 Å². The molecule has 0 aromatic heterocycles. The van der Waals surface area contributed by atoms with E-state index in [0.717, 1.165) is 32.1 Å². The zero-order chi connectivity index (χ0) is 21.4. The molecule has 2 N–H and O–H groups in total. The average molecular weight is 433 g/mol. The van der Waals surface area contributed by atoms with Gasteiger partial charge in [0.05, 0.1) is 18.1 Å². The number of amides is 1. The molecule has 2 aromatic carbocycles. The molecule has 8 heteroatoms. The van der Waals surface area contributed by atoms with Gasteiger partial charge in [-0.3, -0.25) is 9.52 Å². The number of ether oxygens (including phenoxy) is 2. The Balaban J connectivity index is 1.62. The largest absolute Gasteiger partial charge is 0.490 e. The monoisotopic (exact) mass is 432 g/mol. The zero-order valence-corrected chi connectivity index (χ0v) is 18.0. The van der Waals surface area contributed by atoms with E-state index in [1.165, 1.54) is 12.1 Å². The fourth-order valence-electron chi connectivity index (χ4n) is 3.07. The van der Waals surface area contributed by atoms with E-state index in [4.69, 9.17) is 9.47 Å². The second kappa shape index (κ2) is 10.3. The van der Waals surface area contributed by atoms with Crippen LogP contribution in [-0.4, -0.2) is 34.1 Å². The van der Waals surface area contributed by atoms with Crippen molar-refractivity contribution in [2.45, 2.75) is 43.9 Å². The number of anilines is 1. The maximum Gasteiger partial charge on any atom is 0.262 e. The maximum absolute atomic E-state index is 12.7. The van der Waals surface area contributed by atoms with Crippen LogP contribution < -0.4 is 19.5 Å². The van der Waals surface area contributed by atoms with Crippen molar-refractivity contribution in [2.24, 2.45) is 0 Å². The van der Waals surface area contributed by atoms with Crippen molar-refractivity contribution >= 4 is 21.6 Å². The molecular formula is C22H28N2O5S. The maximum atomic E-state index is 12.7. The summed E-state index contributed by atoms with van der Waals surface area (Å²) in [5.74, 6) is 0.793. The van der Waals surface area contributed by atoms with Gasteiger partial charge in [0.15, 0.2) is 11.5 Å². The highest BCUT2D eigenvalue weighted by Crippen LogP contribution is 2.32. The first-order valence-corrected chi connectivity index (χ1v) is 11.8. The molecule has 0 spiro atoms. The number of hydrogen-bond donors (Lipinski definition) is 2. The Kier molecular flexibility index (Phi) is 7.57. The third kappa shape index (κ3) is 5.89. The van der Waals surface area contributed by atoms with E-state index in [9.17, 15) is 13.2 Å². The number of rotatable bonds is 9. The fourth-order valence-corrected chi connectivity index (χ4v) is 4.14. The summed E-state index contributed by atoms with van der Waals surface area (Å²) in [7, 11) is -3.80. The Morgan fingerprint density at radius 2 is 1.70 bits per heavy atom. The number of fused-ring (bicyclic) bond motifs is 1. The minimum absolute atomic E-state index is 0.0839. The summed E-state index contributed by atoms with van der Waals surface area (Å²) < 4.78 is 39.1. The van der Waals surface area contributed by atoms with Gasteiger partial charge < -0.3 is 14.8 Å². The van der Waals surface area contributed by atoms with Gasteiger partial charge in [-0.25, -0.2) is 8.42 Å². The molecule has 3 rings (SSSR count). The highest BCUT2D eigenvalue weighted by molar-refractivity contribution is 7.92. The Morgan fingerprint density at radius 1 is 0.967 bits per heavy atom. The quantitative estimate of drug-likeness (QED) is 0.585. The number of benzene rings is 2. The van der Waals surface area contributed by atoms with Gasteiger partial charge >= 0.3 is 0 Å². The van der Waals surface area contributed by atoms with Crippen LogP contribution >= 0.6 is 0 Å². The first-order chi connectivity index (χ1) is 14.5. The molecule has 1 heterocycles. The van der Waals surface area contributed by atoms with E-state index in [2.05, 4.69) is 17.0 Å². The molecular weight excluding hydrogens is 404 g/mol. The van der Waals surface area contributed by atoms with Crippen LogP contribution in [0.5, 0.6) is 11.5 Å². The molecule has 1 amide bonds.